The van der Waals surface area contributed by atoms with E-state index in [-0.39, 0.29) is 35.5 Å². The highest BCUT2D eigenvalue weighted by Gasteiger charge is 2.34. The Labute approximate surface area is 258 Å². The van der Waals surface area contributed by atoms with Crippen LogP contribution in [0.15, 0.2) is 77.7 Å². The van der Waals surface area contributed by atoms with Crippen LogP contribution in [0.2, 0.25) is 10.0 Å². The molecule has 0 saturated carbocycles. The minimum absolute atomic E-state index is 0.0222. The highest BCUT2D eigenvalue weighted by atomic mass is 35.5. The summed E-state index contributed by atoms with van der Waals surface area (Å²) >= 11 is 12.9. The predicted molar refractivity (Wildman–Crippen MR) is 168 cm³/mol. The minimum atomic E-state index is -4.18. The lowest BCUT2D eigenvalue weighted by molar-refractivity contribution is -0.140. The lowest BCUT2D eigenvalue weighted by atomic mass is 10.1. The number of ether oxygens (including phenoxy) is 1. The molecule has 3 aromatic carbocycles. The van der Waals surface area contributed by atoms with Crippen LogP contribution in [0.1, 0.15) is 46.1 Å². The molecule has 1 N–H and O–H groups in total. The van der Waals surface area contributed by atoms with E-state index in [1.807, 2.05) is 20.8 Å². The zero-order valence-electron chi connectivity index (χ0n) is 24.2. The summed E-state index contributed by atoms with van der Waals surface area (Å²) < 4.78 is 34.4. The number of nitrogens with zero attached hydrogens (tertiary/aromatic N) is 2. The van der Waals surface area contributed by atoms with Gasteiger partial charge in [0.2, 0.25) is 11.8 Å². The number of hydrogen-bond acceptors (Lipinski definition) is 5. The van der Waals surface area contributed by atoms with Gasteiger partial charge in [0.25, 0.3) is 10.0 Å². The van der Waals surface area contributed by atoms with Gasteiger partial charge in [0.1, 0.15) is 18.3 Å². The second-order valence-corrected chi connectivity index (χ2v) is 12.4. The molecule has 0 fully saturated rings. The summed E-state index contributed by atoms with van der Waals surface area (Å²) in [4.78, 5) is 29.0. The molecule has 0 aliphatic rings. The Morgan fingerprint density at radius 2 is 1.50 bits per heavy atom. The molecule has 0 heterocycles. The third-order valence-electron chi connectivity index (χ3n) is 6.82. The van der Waals surface area contributed by atoms with Crippen molar-refractivity contribution < 1.29 is 22.7 Å². The third-order valence-corrected chi connectivity index (χ3v) is 9.32. The first-order valence-electron chi connectivity index (χ1n) is 13.9. The molecule has 0 radical (unpaired) electrons. The molecule has 3 aromatic rings. The molecule has 0 aliphatic heterocycles. The Morgan fingerprint density at radius 1 is 0.881 bits per heavy atom. The molecule has 0 aliphatic carbocycles. The van der Waals surface area contributed by atoms with Crippen LogP contribution in [0.4, 0.5) is 5.69 Å². The fraction of sp³-hybridized carbons (Fsp3) is 0.355. The lowest BCUT2D eigenvalue weighted by Crippen LogP contribution is -2.53. The van der Waals surface area contributed by atoms with Crippen LogP contribution in [0.3, 0.4) is 0 Å². The molecule has 0 unspecified atom stereocenters. The molecule has 42 heavy (non-hydrogen) atoms. The van der Waals surface area contributed by atoms with E-state index in [0.29, 0.717) is 34.4 Å². The Morgan fingerprint density at radius 3 is 2.05 bits per heavy atom. The van der Waals surface area contributed by atoms with E-state index in [1.165, 1.54) is 17.0 Å². The Bertz CT molecular complexity index is 1430. The van der Waals surface area contributed by atoms with Crippen molar-refractivity contribution in [2.24, 2.45) is 0 Å². The quantitative estimate of drug-likeness (QED) is 0.224. The first-order valence-corrected chi connectivity index (χ1v) is 16.1. The van der Waals surface area contributed by atoms with E-state index < -0.39 is 28.5 Å². The maximum atomic E-state index is 14.2. The van der Waals surface area contributed by atoms with E-state index in [4.69, 9.17) is 27.9 Å². The number of amides is 2. The second kappa shape index (κ2) is 15.3. The molecule has 3 rings (SSSR count). The van der Waals surface area contributed by atoms with Crippen LogP contribution in [0.5, 0.6) is 5.75 Å². The average molecular weight is 635 g/mol. The van der Waals surface area contributed by atoms with Crippen molar-refractivity contribution >= 4 is 50.7 Å². The molecule has 2 atom stereocenters. The SMILES string of the molecule is CCOc1ccc(N(CC(=O)N(Cc2c(Cl)cccc2Cl)[C@@H](CC)C(=O)N[C@@H](C)CC)S(=O)(=O)c2ccccc2)cc1. The normalized spacial score (nSPS) is 12.7. The van der Waals surface area contributed by atoms with Gasteiger partial charge in [-0.15, -0.1) is 0 Å². The molecular formula is C31H37Cl2N3O5S. The zero-order chi connectivity index (χ0) is 30.9. The fourth-order valence-electron chi connectivity index (χ4n) is 4.34. The van der Waals surface area contributed by atoms with Crippen molar-refractivity contribution in [2.75, 3.05) is 17.5 Å². The van der Waals surface area contributed by atoms with Gasteiger partial charge in [-0.1, -0.05) is 61.3 Å². The van der Waals surface area contributed by atoms with Crippen molar-refractivity contribution in [3.8, 4) is 5.75 Å². The fourth-order valence-corrected chi connectivity index (χ4v) is 6.29. The molecular weight excluding hydrogens is 597 g/mol. The van der Waals surface area contributed by atoms with Crippen LogP contribution >= 0.6 is 23.2 Å². The average Bonchev–Trinajstić information content (AvgIpc) is 2.98. The molecule has 8 nitrogen and oxygen atoms in total. The van der Waals surface area contributed by atoms with Gasteiger partial charge in [0.15, 0.2) is 0 Å². The van der Waals surface area contributed by atoms with E-state index in [0.717, 1.165) is 4.31 Å². The topological polar surface area (TPSA) is 96.0 Å². The highest BCUT2D eigenvalue weighted by Crippen LogP contribution is 2.29. The summed E-state index contributed by atoms with van der Waals surface area (Å²) in [6.45, 7) is 7.25. The molecule has 0 saturated heterocycles. The predicted octanol–water partition coefficient (Wildman–Crippen LogP) is 6.31. The minimum Gasteiger partial charge on any atom is -0.494 e. The monoisotopic (exact) mass is 633 g/mol. The summed E-state index contributed by atoms with van der Waals surface area (Å²) in [5.74, 6) is -0.375. The van der Waals surface area contributed by atoms with Crippen molar-refractivity contribution in [3.63, 3.8) is 0 Å². The van der Waals surface area contributed by atoms with E-state index >= 15 is 0 Å². The van der Waals surface area contributed by atoms with Gasteiger partial charge in [0, 0.05) is 28.2 Å². The summed E-state index contributed by atoms with van der Waals surface area (Å²) in [5.41, 5.74) is 0.728. The standard InChI is InChI=1S/C31H37Cl2N3O5S/c1-5-22(4)34-31(38)29(6-2)35(20-26-27(32)14-11-15-28(26)33)30(37)21-36(23-16-18-24(19-17-23)41-7-3)42(39,40)25-12-9-8-10-13-25/h8-19,22,29H,5-7,20-21H2,1-4H3,(H,34,38)/t22-,29-/m0/s1. The number of anilines is 1. The van der Waals surface area contributed by atoms with E-state index in [1.54, 1.807) is 67.6 Å². The maximum absolute atomic E-state index is 14.2. The van der Waals surface area contributed by atoms with Crippen molar-refractivity contribution in [2.45, 2.75) is 64.1 Å². The number of halogens is 2. The first-order chi connectivity index (χ1) is 20.0. The second-order valence-electron chi connectivity index (χ2n) is 9.72. The van der Waals surface area contributed by atoms with Gasteiger partial charge in [-0.2, -0.15) is 0 Å². The number of hydrogen-bond donors (Lipinski definition) is 1. The number of benzene rings is 3. The third kappa shape index (κ3) is 8.18. The summed E-state index contributed by atoms with van der Waals surface area (Å²) in [7, 11) is -4.18. The first kappa shape index (κ1) is 33.2. The molecule has 0 spiro atoms. The largest absolute Gasteiger partial charge is 0.494 e. The maximum Gasteiger partial charge on any atom is 0.264 e. The van der Waals surface area contributed by atoms with Crippen LogP contribution in [0, 0.1) is 0 Å². The van der Waals surface area contributed by atoms with Crippen molar-refractivity contribution in [3.05, 3.63) is 88.4 Å². The number of rotatable bonds is 14. The zero-order valence-corrected chi connectivity index (χ0v) is 26.5. The highest BCUT2D eigenvalue weighted by molar-refractivity contribution is 7.92. The van der Waals surface area contributed by atoms with Gasteiger partial charge >= 0.3 is 0 Å². The van der Waals surface area contributed by atoms with Gasteiger partial charge < -0.3 is 15.0 Å². The molecule has 226 valence electrons. The van der Waals surface area contributed by atoms with E-state index in [9.17, 15) is 18.0 Å². The van der Waals surface area contributed by atoms with E-state index in [2.05, 4.69) is 5.32 Å². The molecule has 0 bridgehead atoms. The number of sulfonamides is 1. The van der Waals surface area contributed by atoms with Crippen LogP contribution in [0.25, 0.3) is 0 Å². The van der Waals surface area contributed by atoms with Crippen LogP contribution < -0.4 is 14.4 Å². The summed E-state index contributed by atoms with van der Waals surface area (Å²) in [6, 6.07) is 18.3. The number of nitrogens with one attached hydrogen (secondary N) is 1. The Balaban J connectivity index is 2.09. The van der Waals surface area contributed by atoms with Crippen molar-refractivity contribution in [1.82, 2.24) is 10.2 Å². The molecule has 11 heteroatoms. The van der Waals surface area contributed by atoms with Gasteiger partial charge in [-0.3, -0.25) is 13.9 Å². The van der Waals surface area contributed by atoms with Gasteiger partial charge in [-0.05, 0) is 75.2 Å². The number of carbonyl (C=O) groups excluding carboxylic acids is 2. The number of carbonyl (C=O) groups is 2. The Hall–Kier alpha value is -3.27. The molecule has 2 amide bonds. The summed E-state index contributed by atoms with van der Waals surface area (Å²) in [6.07, 6.45) is 0.984. The van der Waals surface area contributed by atoms with Crippen molar-refractivity contribution in [1.29, 1.82) is 0 Å². The molecule has 0 aromatic heterocycles. The van der Waals surface area contributed by atoms with Crippen LogP contribution in [-0.2, 0) is 26.2 Å². The van der Waals surface area contributed by atoms with Crippen LogP contribution in [-0.4, -0.2) is 50.4 Å². The Kier molecular flexibility index (Phi) is 12.1. The van der Waals surface area contributed by atoms with Gasteiger partial charge in [0.05, 0.1) is 17.2 Å². The lowest BCUT2D eigenvalue weighted by Gasteiger charge is -2.34. The summed E-state index contributed by atoms with van der Waals surface area (Å²) in [5, 5.41) is 3.61. The smallest absolute Gasteiger partial charge is 0.264 e. The van der Waals surface area contributed by atoms with Gasteiger partial charge in [-0.25, -0.2) is 8.42 Å².